The fourth-order valence-electron chi connectivity index (χ4n) is 6.35. The van der Waals surface area contributed by atoms with Crippen molar-refractivity contribution >= 4 is 17.8 Å². The Morgan fingerprint density at radius 3 is 1.52 bits per heavy atom. The van der Waals surface area contributed by atoms with E-state index in [1.165, 1.54) is 38.5 Å². The summed E-state index contributed by atoms with van der Waals surface area (Å²) in [4.78, 5) is 36.4. The molecule has 0 radical (unpaired) electrons. The molecule has 0 saturated heterocycles. The van der Waals surface area contributed by atoms with Crippen molar-refractivity contribution < 1.29 is 24.2 Å². The number of carboxylic acids is 1. The van der Waals surface area contributed by atoms with Crippen LogP contribution in [0.15, 0.2) is 72.9 Å². The number of hydrogen-bond donors (Lipinski definition) is 3. The predicted octanol–water partition coefficient (Wildman–Crippen LogP) is 13.1. The highest BCUT2D eigenvalue weighted by atomic mass is 16.5. The first-order valence-corrected chi connectivity index (χ1v) is 22.8. The fraction of sp³-hybridized carbons (Fsp3) is 0.694. The van der Waals surface area contributed by atoms with Gasteiger partial charge in [0.1, 0.15) is 12.1 Å². The van der Waals surface area contributed by atoms with Crippen LogP contribution in [-0.4, -0.2) is 41.6 Å². The van der Waals surface area contributed by atoms with Crippen molar-refractivity contribution in [2.45, 2.75) is 212 Å². The maximum absolute atomic E-state index is 12.8. The largest absolute Gasteiger partial charge is 0.480 e. The summed E-state index contributed by atoms with van der Waals surface area (Å²) >= 11 is 0. The lowest BCUT2D eigenvalue weighted by Crippen LogP contribution is -2.40. The van der Waals surface area contributed by atoms with Gasteiger partial charge >= 0.3 is 11.9 Å². The number of aliphatic carboxylic acids is 1. The predicted molar refractivity (Wildman–Crippen MR) is 239 cm³/mol. The van der Waals surface area contributed by atoms with Gasteiger partial charge in [0.25, 0.3) is 0 Å². The van der Waals surface area contributed by atoms with Gasteiger partial charge in [-0.25, -0.2) is 4.79 Å². The number of esters is 1. The van der Waals surface area contributed by atoms with Crippen molar-refractivity contribution in [2.24, 2.45) is 5.73 Å². The van der Waals surface area contributed by atoms with Crippen molar-refractivity contribution in [1.82, 2.24) is 5.32 Å². The van der Waals surface area contributed by atoms with Crippen molar-refractivity contribution in [1.29, 1.82) is 0 Å². The lowest BCUT2D eigenvalue weighted by Gasteiger charge is -2.18. The number of carboxylic acid groups (broad SMARTS) is 1. The van der Waals surface area contributed by atoms with Gasteiger partial charge in [-0.3, -0.25) is 9.59 Å². The summed E-state index contributed by atoms with van der Waals surface area (Å²) in [5.41, 5.74) is 5.49. The summed E-state index contributed by atoms with van der Waals surface area (Å²) in [5, 5.41) is 11.9. The SMILES string of the molecule is CC/C=C\C/C=C\C/C=C\C/C=C\CCCCC(=O)OC(CCCCC/C=C\C/C=C\CCCCCCC)CCCCCCCC(=O)NC(CCCN)C(=O)O. The van der Waals surface area contributed by atoms with E-state index in [1.54, 1.807) is 0 Å². The van der Waals surface area contributed by atoms with E-state index < -0.39 is 12.0 Å². The van der Waals surface area contributed by atoms with Crippen molar-refractivity contribution in [2.75, 3.05) is 6.54 Å². The van der Waals surface area contributed by atoms with E-state index in [-0.39, 0.29) is 18.0 Å². The number of hydrogen-bond acceptors (Lipinski definition) is 5. The number of ether oxygens (including phenoxy) is 1. The molecule has 2 unspecified atom stereocenters. The minimum absolute atomic E-state index is 0.0354. The molecule has 0 aliphatic carbocycles. The molecule has 0 bridgehead atoms. The lowest BCUT2D eigenvalue weighted by atomic mass is 10.0. The van der Waals surface area contributed by atoms with Gasteiger partial charge < -0.3 is 20.9 Å². The van der Waals surface area contributed by atoms with Crippen LogP contribution in [-0.2, 0) is 19.1 Å². The molecule has 0 rings (SSSR count). The second-order valence-corrected chi connectivity index (χ2v) is 15.1. The zero-order valence-corrected chi connectivity index (χ0v) is 36.0. The maximum Gasteiger partial charge on any atom is 0.326 e. The molecule has 0 fully saturated rings. The molecular weight excluding hydrogens is 697 g/mol. The number of unbranched alkanes of at least 4 members (excludes halogenated alkanes) is 14. The Balaban J connectivity index is 4.48. The summed E-state index contributed by atoms with van der Waals surface area (Å²) in [6.07, 6.45) is 55.1. The molecule has 0 aromatic carbocycles. The van der Waals surface area contributed by atoms with Crippen LogP contribution in [0.2, 0.25) is 0 Å². The van der Waals surface area contributed by atoms with Crippen LogP contribution in [0.25, 0.3) is 0 Å². The zero-order valence-electron chi connectivity index (χ0n) is 36.0. The molecule has 4 N–H and O–H groups in total. The molecule has 0 aliphatic rings. The van der Waals surface area contributed by atoms with Crippen molar-refractivity contribution in [3.05, 3.63) is 72.9 Å². The van der Waals surface area contributed by atoms with Gasteiger partial charge in [-0.15, -0.1) is 0 Å². The standard InChI is InChI=1S/C49H84N2O5/c1-3-5-7-9-11-13-15-17-19-21-23-25-27-30-34-39-45(40-35-31-29-32-36-42-47(52)51-46(49(54)55)41-38-44-50)56-48(53)43-37-33-28-26-24-22-20-18-16-14-12-10-8-6-4-2/h6,8,12,14-15,17-18,20-21,23-24,26,45-46H,3-5,7,9-11,13,16,19,22,25,27-44,50H2,1-2H3,(H,51,52)(H,54,55)/b8-6-,14-12-,17-15-,20-18-,23-21-,26-24-. The molecule has 1 amide bonds. The maximum atomic E-state index is 12.8. The van der Waals surface area contributed by atoms with E-state index in [9.17, 15) is 19.5 Å². The lowest BCUT2D eigenvalue weighted by molar-refractivity contribution is -0.150. The molecule has 7 nitrogen and oxygen atoms in total. The number of amides is 1. The second kappa shape index (κ2) is 42.9. The minimum atomic E-state index is -1.01. The van der Waals surface area contributed by atoms with Crippen LogP contribution >= 0.6 is 0 Å². The third-order valence-electron chi connectivity index (χ3n) is 9.76. The highest BCUT2D eigenvalue weighted by molar-refractivity contribution is 5.83. The first-order valence-electron chi connectivity index (χ1n) is 22.8. The monoisotopic (exact) mass is 781 g/mol. The molecule has 320 valence electrons. The van der Waals surface area contributed by atoms with Gasteiger partial charge in [0, 0.05) is 12.8 Å². The molecule has 0 saturated carbocycles. The van der Waals surface area contributed by atoms with Crippen LogP contribution in [0.3, 0.4) is 0 Å². The van der Waals surface area contributed by atoms with Gasteiger partial charge in [0.05, 0.1) is 0 Å². The van der Waals surface area contributed by atoms with Gasteiger partial charge in [0.15, 0.2) is 0 Å². The first-order chi connectivity index (χ1) is 27.4. The van der Waals surface area contributed by atoms with Crippen LogP contribution in [0.4, 0.5) is 0 Å². The quantitative estimate of drug-likeness (QED) is 0.0324. The first kappa shape index (κ1) is 52.8. The van der Waals surface area contributed by atoms with E-state index in [0.717, 1.165) is 122 Å². The molecule has 0 aliphatic heterocycles. The number of nitrogens with two attached hydrogens (primary N) is 1. The van der Waals surface area contributed by atoms with E-state index in [4.69, 9.17) is 10.5 Å². The summed E-state index contributed by atoms with van der Waals surface area (Å²) in [6, 6.07) is -0.866. The minimum Gasteiger partial charge on any atom is -0.480 e. The average Bonchev–Trinajstić information content (AvgIpc) is 3.18. The Kier molecular flexibility index (Phi) is 40.5. The number of carbonyl (C=O) groups is 3. The molecule has 56 heavy (non-hydrogen) atoms. The molecular formula is C49H84N2O5. The third-order valence-corrected chi connectivity index (χ3v) is 9.76. The van der Waals surface area contributed by atoms with Gasteiger partial charge in [-0.05, 0) is 129 Å². The molecule has 0 spiro atoms. The van der Waals surface area contributed by atoms with E-state index >= 15 is 0 Å². The highest BCUT2D eigenvalue weighted by Gasteiger charge is 2.19. The molecule has 7 heteroatoms. The molecule has 2 atom stereocenters. The number of allylic oxidation sites excluding steroid dienone is 12. The van der Waals surface area contributed by atoms with Crippen LogP contribution in [0, 0.1) is 0 Å². The topological polar surface area (TPSA) is 119 Å². The Morgan fingerprint density at radius 1 is 0.536 bits per heavy atom. The smallest absolute Gasteiger partial charge is 0.326 e. The second-order valence-electron chi connectivity index (χ2n) is 15.1. The van der Waals surface area contributed by atoms with E-state index in [0.29, 0.717) is 32.2 Å². The number of rotatable bonds is 40. The van der Waals surface area contributed by atoms with E-state index in [2.05, 4.69) is 92.1 Å². The summed E-state index contributed by atoms with van der Waals surface area (Å²) in [6.45, 7) is 4.81. The Hall–Kier alpha value is -3.19. The number of carbonyl (C=O) groups excluding carboxylic acids is 2. The summed E-state index contributed by atoms with van der Waals surface area (Å²) < 4.78 is 6.03. The molecule has 0 heterocycles. The van der Waals surface area contributed by atoms with Gasteiger partial charge in [-0.1, -0.05) is 138 Å². The zero-order chi connectivity index (χ0) is 41.0. The Labute approximate surface area is 343 Å². The molecule has 0 aromatic heterocycles. The van der Waals surface area contributed by atoms with Crippen LogP contribution < -0.4 is 11.1 Å². The Morgan fingerprint density at radius 2 is 0.982 bits per heavy atom. The average molecular weight is 781 g/mol. The van der Waals surface area contributed by atoms with Crippen molar-refractivity contribution in [3.63, 3.8) is 0 Å². The fourth-order valence-corrected chi connectivity index (χ4v) is 6.35. The van der Waals surface area contributed by atoms with E-state index in [1.807, 2.05) is 0 Å². The number of nitrogens with one attached hydrogen (secondary N) is 1. The Bertz CT molecular complexity index is 1110. The third kappa shape index (κ3) is 39.1. The summed E-state index contributed by atoms with van der Waals surface area (Å²) in [7, 11) is 0. The normalized spacial score (nSPS) is 13.3. The van der Waals surface area contributed by atoms with Crippen LogP contribution in [0.5, 0.6) is 0 Å². The van der Waals surface area contributed by atoms with Crippen molar-refractivity contribution in [3.8, 4) is 0 Å². The van der Waals surface area contributed by atoms with Gasteiger partial charge in [-0.2, -0.15) is 0 Å². The highest BCUT2D eigenvalue weighted by Crippen LogP contribution is 2.18. The van der Waals surface area contributed by atoms with Crippen LogP contribution in [0.1, 0.15) is 200 Å². The molecule has 0 aromatic rings. The van der Waals surface area contributed by atoms with Gasteiger partial charge in [0.2, 0.25) is 5.91 Å². The summed E-state index contributed by atoms with van der Waals surface area (Å²) in [5.74, 6) is -1.30.